The Bertz CT molecular complexity index is 1700. The van der Waals surface area contributed by atoms with Gasteiger partial charge in [0.1, 0.15) is 24.1 Å². The third-order valence-electron chi connectivity index (χ3n) is 7.13. The highest BCUT2D eigenvalue weighted by molar-refractivity contribution is 9.10. The van der Waals surface area contributed by atoms with Crippen LogP contribution in [0, 0.1) is 0 Å². The van der Waals surface area contributed by atoms with E-state index in [1.807, 2.05) is 54.6 Å². The molecule has 0 heterocycles. The van der Waals surface area contributed by atoms with Gasteiger partial charge >= 0.3 is 0 Å². The van der Waals surface area contributed by atoms with E-state index in [1.165, 1.54) is 37.3 Å². The van der Waals surface area contributed by atoms with E-state index in [9.17, 15) is 18.0 Å². The van der Waals surface area contributed by atoms with E-state index in [-0.39, 0.29) is 35.2 Å². The minimum absolute atomic E-state index is 0.00854. The van der Waals surface area contributed by atoms with Gasteiger partial charge in [0.2, 0.25) is 11.8 Å². The Morgan fingerprint density at radius 1 is 0.844 bits per heavy atom. The zero-order valence-corrected chi connectivity index (χ0v) is 27.8. The molecule has 11 heteroatoms. The summed E-state index contributed by atoms with van der Waals surface area (Å²) in [6.45, 7) is 1.61. The van der Waals surface area contributed by atoms with Crippen LogP contribution in [0.5, 0.6) is 11.5 Å². The number of halogens is 1. The minimum Gasteiger partial charge on any atom is -0.497 e. The fourth-order valence-electron chi connectivity index (χ4n) is 4.90. The van der Waals surface area contributed by atoms with Crippen LogP contribution < -0.4 is 19.1 Å². The number of nitrogens with zero attached hydrogens (tertiary/aromatic N) is 2. The summed E-state index contributed by atoms with van der Waals surface area (Å²) in [7, 11) is -1.41. The molecule has 0 spiro atoms. The Labute approximate surface area is 273 Å². The Morgan fingerprint density at radius 3 is 2.13 bits per heavy atom. The highest BCUT2D eigenvalue weighted by atomic mass is 79.9. The van der Waals surface area contributed by atoms with Gasteiger partial charge in [-0.25, -0.2) is 8.42 Å². The van der Waals surface area contributed by atoms with Crippen molar-refractivity contribution in [1.82, 2.24) is 10.2 Å². The fourth-order valence-corrected chi connectivity index (χ4v) is 6.79. The lowest BCUT2D eigenvalue weighted by molar-refractivity contribution is -0.140. The van der Waals surface area contributed by atoms with E-state index in [0.29, 0.717) is 12.3 Å². The molecule has 0 unspecified atom stereocenters. The molecule has 0 aliphatic rings. The molecule has 2 amide bonds. The number of hydrogen-bond acceptors (Lipinski definition) is 6. The number of methoxy groups -OCH3 is 2. The van der Waals surface area contributed by atoms with Gasteiger partial charge in [0, 0.05) is 30.0 Å². The maximum Gasteiger partial charge on any atom is 0.264 e. The summed E-state index contributed by atoms with van der Waals surface area (Å²) in [5, 5.41) is 2.86. The average molecular weight is 695 g/mol. The molecule has 0 saturated heterocycles. The Hall–Kier alpha value is -4.35. The van der Waals surface area contributed by atoms with Crippen molar-refractivity contribution in [3.05, 3.63) is 119 Å². The monoisotopic (exact) mass is 693 g/mol. The number of nitrogens with one attached hydrogen (secondary N) is 1. The first-order valence-electron chi connectivity index (χ1n) is 14.3. The molecule has 45 heavy (non-hydrogen) atoms. The maximum absolute atomic E-state index is 14.5. The number of carbonyl (C=O) groups excluding carboxylic acids is 2. The minimum atomic E-state index is -4.29. The van der Waals surface area contributed by atoms with Gasteiger partial charge in [-0.1, -0.05) is 76.6 Å². The van der Waals surface area contributed by atoms with Crippen LogP contribution in [0.2, 0.25) is 0 Å². The van der Waals surface area contributed by atoms with Crippen molar-refractivity contribution < 1.29 is 27.5 Å². The summed E-state index contributed by atoms with van der Waals surface area (Å²) >= 11 is 3.49. The number of hydrogen-bond donors (Lipinski definition) is 1. The summed E-state index contributed by atoms with van der Waals surface area (Å²) < 4.78 is 41.2. The van der Waals surface area contributed by atoms with Crippen LogP contribution in [0.3, 0.4) is 0 Å². The molecule has 0 aromatic heterocycles. The average Bonchev–Trinajstić information content (AvgIpc) is 3.05. The normalized spacial score (nSPS) is 11.7. The SMILES string of the molecule is CCNC(=O)[C@H](Cc1ccccc1)N(Cc1cccc(Br)c1)C(=O)CN(c1cc(OC)ccc1OC)S(=O)(=O)c1ccccc1. The van der Waals surface area contributed by atoms with Gasteiger partial charge in [0.15, 0.2) is 0 Å². The molecule has 1 atom stereocenters. The van der Waals surface area contributed by atoms with Crippen LogP contribution >= 0.6 is 15.9 Å². The van der Waals surface area contributed by atoms with E-state index >= 15 is 0 Å². The molecule has 236 valence electrons. The second-order valence-corrected chi connectivity index (χ2v) is 12.9. The third-order valence-corrected chi connectivity index (χ3v) is 9.40. The highest BCUT2D eigenvalue weighted by Crippen LogP contribution is 2.36. The number of carbonyl (C=O) groups is 2. The van der Waals surface area contributed by atoms with Crippen molar-refractivity contribution in [1.29, 1.82) is 0 Å². The van der Waals surface area contributed by atoms with Crippen molar-refractivity contribution in [2.24, 2.45) is 0 Å². The summed E-state index contributed by atoms with van der Waals surface area (Å²) in [5.74, 6) is -0.319. The van der Waals surface area contributed by atoms with Crippen LogP contribution in [-0.4, -0.2) is 58.5 Å². The Balaban J connectivity index is 1.85. The summed E-state index contributed by atoms with van der Waals surface area (Å²) in [6, 6.07) is 28.5. The molecular weight excluding hydrogens is 658 g/mol. The topological polar surface area (TPSA) is 105 Å². The lowest BCUT2D eigenvalue weighted by Crippen LogP contribution is -2.53. The van der Waals surface area contributed by atoms with Gasteiger partial charge in [0.05, 0.1) is 24.8 Å². The molecule has 1 N–H and O–H groups in total. The van der Waals surface area contributed by atoms with Gasteiger partial charge in [-0.3, -0.25) is 13.9 Å². The zero-order valence-electron chi connectivity index (χ0n) is 25.4. The van der Waals surface area contributed by atoms with Crippen LogP contribution in [0.1, 0.15) is 18.1 Å². The summed E-state index contributed by atoms with van der Waals surface area (Å²) in [4.78, 5) is 29.6. The zero-order chi connectivity index (χ0) is 32.4. The van der Waals surface area contributed by atoms with Crippen LogP contribution in [0.15, 0.2) is 112 Å². The quantitative estimate of drug-likeness (QED) is 0.189. The molecular formula is C34H36BrN3O6S. The van der Waals surface area contributed by atoms with Crippen molar-refractivity contribution >= 4 is 43.5 Å². The molecule has 0 aliphatic heterocycles. The van der Waals surface area contributed by atoms with Crippen LogP contribution in [0.4, 0.5) is 5.69 Å². The van der Waals surface area contributed by atoms with Gasteiger partial charge < -0.3 is 19.7 Å². The number of likely N-dealkylation sites (N-methyl/N-ethyl adjacent to an activating group) is 1. The number of amides is 2. The van der Waals surface area contributed by atoms with Crippen molar-refractivity contribution in [3.8, 4) is 11.5 Å². The number of benzene rings is 4. The second-order valence-electron chi connectivity index (χ2n) is 10.1. The fraction of sp³-hybridized carbons (Fsp3) is 0.235. The third kappa shape index (κ3) is 8.43. The van der Waals surface area contributed by atoms with Gasteiger partial charge in [-0.2, -0.15) is 0 Å². The molecule has 4 rings (SSSR count). The first-order chi connectivity index (χ1) is 21.7. The van der Waals surface area contributed by atoms with Crippen molar-refractivity contribution in [2.75, 3.05) is 31.6 Å². The second kappa shape index (κ2) is 15.6. The number of anilines is 1. The lowest BCUT2D eigenvalue weighted by atomic mass is 10.0. The van der Waals surface area contributed by atoms with Crippen LogP contribution in [-0.2, 0) is 32.6 Å². The number of rotatable bonds is 14. The molecule has 0 fully saturated rings. The number of sulfonamides is 1. The highest BCUT2D eigenvalue weighted by Gasteiger charge is 2.35. The van der Waals surface area contributed by atoms with E-state index in [1.54, 1.807) is 37.3 Å². The lowest BCUT2D eigenvalue weighted by Gasteiger charge is -2.34. The molecule has 0 saturated carbocycles. The molecule has 4 aromatic rings. The van der Waals surface area contributed by atoms with Gasteiger partial charge in [0.25, 0.3) is 10.0 Å². The first kappa shape index (κ1) is 33.5. The summed E-state index contributed by atoms with van der Waals surface area (Å²) in [5.41, 5.74) is 1.73. The van der Waals surface area contributed by atoms with Gasteiger partial charge in [-0.15, -0.1) is 0 Å². The standard InChI is InChI=1S/C34H36BrN3O6S/c1-4-36-34(40)31(21-25-12-7-5-8-13-25)37(23-26-14-11-15-27(35)20-26)33(39)24-38(45(41,42)29-16-9-6-10-17-29)30-22-28(43-2)18-19-32(30)44-3/h5-20,22,31H,4,21,23-24H2,1-3H3,(H,36,40)/t31-/m0/s1. The predicted molar refractivity (Wildman–Crippen MR) is 178 cm³/mol. The van der Waals surface area contributed by atoms with E-state index in [4.69, 9.17) is 9.47 Å². The maximum atomic E-state index is 14.5. The largest absolute Gasteiger partial charge is 0.497 e. The smallest absolute Gasteiger partial charge is 0.264 e. The van der Waals surface area contributed by atoms with E-state index in [2.05, 4.69) is 21.2 Å². The van der Waals surface area contributed by atoms with Gasteiger partial charge in [-0.05, 0) is 54.4 Å². The number of ether oxygens (including phenoxy) is 2. The molecule has 9 nitrogen and oxygen atoms in total. The summed E-state index contributed by atoms with van der Waals surface area (Å²) in [6.07, 6.45) is 0.223. The van der Waals surface area contributed by atoms with Crippen LogP contribution in [0.25, 0.3) is 0 Å². The Kier molecular flexibility index (Phi) is 11.6. The molecule has 0 radical (unpaired) electrons. The molecule has 0 aliphatic carbocycles. The Morgan fingerprint density at radius 2 is 1.51 bits per heavy atom. The molecule has 4 aromatic carbocycles. The van der Waals surface area contributed by atoms with E-state index < -0.39 is 28.5 Å². The van der Waals surface area contributed by atoms with Crippen molar-refractivity contribution in [3.63, 3.8) is 0 Å². The molecule has 0 bridgehead atoms. The van der Waals surface area contributed by atoms with Crippen molar-refractivity contribution in [2.45, 2.75) is 30.8 Å². The first-order valence-corrected chi connectivity index (χ1v) is 16.6. The predicted octanol–water partition coefficient (Wildman–Crippen LogP) is 5.44. The van der Waals surface area contributed by atoms with E-state index in [0.717, 1.165) is 19.9 Å².